The maximum Gasteiger partial charge on any atom is 0.258 e. The Balaban J connectivity index is 1.28. The molecular formula is C29H39N5O5S. The van der Waals surface area contributed by atoms with Gasteiger partial charge in [-0.1, -0.05) is 0 Å². The van der Waals surface area contributed by atoms with Crippen LogP contribution in [0, 0.1) is 5.41 Å². The van der Waals surface area contributed by atoms with Crippen molar-refractivity contribution in [2.75, 3.05) is 65.0 Å². The molecule has 40 heavy (non-hydrogen) atoms. The number of aliphatic hydroxyl groups excluding tert-OH is 1. The summed E-state index contributed by atoms with van der Waals surface area (Å²) in [6.07, 6.45) is 7.08. The van der Waals surface area contributed by atoms with Gasteiger partial charge in [0.2, 0.25) is 10.0 Å². The molecule has 0 bridgehead atoms. The van der Waals surface area contributed by atoms with Gasteiger partial charge in [0.25, 0.3) is 5.91 Å². The number of sulfonamides is 1. The van der Waals surface area contributed by atoms with Gasteiger partial charge in [0, 0.05) is 26.2 Å². The Kier molecular flexibility index (Phi) is 7.39. The highest BCUT2D eigenvalue weighted by Crippen LogP contribution is 2.54. The summed E-state index contributed by atoms with van der Waals surface area (Å²) in [5, 5.41) is 12.2. The maximum absolute atomic E-state index is 13.8. The first-order valence-electron chi connectivity index (χ1n) is 14.4. The van der Waals surface area contributed by atoms with E-state index in [-0.39, 0.29) is 17.8 Å². The average molecular weight is 570 g/mol. The van der Waals surface area contributed by atoms with Crippen LogP contribution in [0.25, 0.3) is 0 Å². The van der Waals surface area contributed by atoms with Crippen molar-refractivity contribution in [2.24, 2.45) is 5.41 Å². The highest BCUT2D eigenvalue weighted by molar-refractivity contribution is 7.92. The van der Waals surface area contributed by atoms with Gasteiger partial charge in [-0.25, -0.2) is 13.4 Å². The number of ether oxygens (including phenoxy) is 1. The molecule has 216 valence electrons. The second-order valence-electron chi connectivity index (χ2n) is 11.9. The molecule has 2 saturated heterocycles. The third-order valence-electron chi connectivity index (χ3n) is 8.69. The number of rotatable bonds is 9. The van der Waals surface area contributed by atoms with Gasteiger partial charge in [0.1, 0.15) is 11.6 Å². The molecule has 3 heterocycles. The summed E-state index contributed by atoms with van der Waals surface area (Å²) in [5.74, 6) is 1.23. The average Bonchev–Trinajstić information content (AvgIpc) is 3.86. The number of hydrogen-bond acceptors (Lipinski definition) is 8. The molecule has 11 heteroatoms. The summed E-state index contributed by atoms with van der Waals surface area (Å²) in [5.41, 5.74) is 3.22. The van der Waals surface area contributed by atoms with E-state index in [0.717, 1.165) is 57.7 Å². The smallest absolute Gasteiger partial charge is 0.258 e. The van der Waals surface area contributed by atoms with Gasteiger partial charge in [-0.3, -0.25) is 9.52 Å². The monoisotopic (exact) mass is 569 g/mol. The van der Waals surface area contributed by atoms with E-state index in [9.17, 15) is 13.2 Å². The van der Waals surface area contributed by atoms with E-state index in [1.807, 2.05) is 6.07 Å². The van der Waals surface area contributed by atoms with Crippen LogP contribution in [0.1, 0.15) is 67.3 Å². The lowest BCUT2D eigenvalue weighted by atomic mass is 9.93. The standard InChI is InChI=1S/C29H39N5O5S/c1-20-19-34(12-14-39-20)27-17-22(21-2-3-21)16-26(30-27)31-28(36)24-5-4-23(32-40(37,38)15-13-35)18-25(24)33-10-8-29(6-7-29)9-11-33/h4-5,16-18,20-21,32,35H,2-3,6-15,19H2,1H3,(H,30,31,36)/t20-/m1/s1. The van der Waals surface area contributed by atoms with Gasteiger partial charge in [-0.15, -0.1) is 0 Å². The van der Waals surface area contributed by atoms with Crippen molar-refractivity contribution in [3.8, 4) is 0 Å². The SMILES string of the molecule is C[C@@H]1CN(c2cc(C3CC3)cc(NC(=O)c3ccc(NS(=O)(=O)CCO)cc3N3CCC4(CC3)CC4)n2)CCO1. The summed E-state index contributed by atoms with van der Waals surface area (Å²) in [7, 11) is -3.69. The van der Waals surface area contributed by atoms with Crippen LogP contribution in [-0.2, 0) is 14.8 Å². The van der Waals surface area contributed by atoms with Crippen LogP contribution >= 0.6 is 0 Å². The van der Waals surface area contributed by atoms with E-state index in [2.05, 4.69) is 32.8 Å². The predicted molar refractivity (Wildman–Crippen MR) is 156 cm³/mol. The number of piperidine rings is 1. The first-order valence-corrected chi connectivity index (χ1v) is 16.1. The van der Waals surface area contributed by atoms with Crippen molar-refractivity contribution in [2.45, 2.75) is 57.5 Å². The number of anilines is 4. The molecule has 6 rings (SSSR count). The molecule has 2 aliphatic heterocycles. The third-order valence-corrected chi connectivity index (χ3v) is 9.95. The molecule has 2 aromatic rings. The normalized spacial score (nSPS) is 22.3. The van der Waals surface area contributed by atoms with Crippen molar-refractivity contribution in [3.63, 3.8) is 0 Å². The molecule has 2 saturated carbocycles. The van der Waals surface area contributed by atoms with Crippen molar-refractivity contribution < 1.29 is 23.1 Å². The Morgan fingerprint density at radius 2 is 1.88 bits per heavy atom. The lowest BCUT2D eigenvalue weighted by Crippen LogP contribution is -2.41. The highest BCUT2D eigenvalue weighted by atomic mass is 32.2. The number of morpholine rings is 1. The lowest BCUT2D eigenvalue weighted by molar-refractivity contribution is 0.0529. The van der Waals surface area contributed by atoms with Crippen molar-refractivity contribution in [3.05, 3.63) is 41.5 Å². The molecule has 0 unspecified atom stereocenters. The number of nitrogens with one attached hydrogen (secondary N) is 2. The van der Waals surface area contributed by atoms with E-state index in [4.69, 9.17) is 14.8 Å². The summed E-state index contributed by atoms with van der Waals surface area (Å²) in [4.78, 5) is 23.0. The molecule has 1 atom stereocenters. The van der Waals surface area contributed by atoms with Gasteiger partial charge in [-0.05, 0) is 92.7 Å². The molecule has 4 fully saturated rings. The Labute approximate surface area is 236 Å². The van der Waals surface area contributed by atoms with Crippen LogP contribution in [0.15, 0.2) is 30.3 Å². The number of benzene rings is 1. The molecule has 1 aromatic heterocycles. The summed E-state index contributed by atoms with van der Waals surface area (Å²) >= 11 is 0. The summed E-state index contributed by atoms with van der Waals surface area (Å²) in [6, 6.07) is 9.15. The Morgan fingerprint density at radius 1 is 1.10 bits per heavy atom. The Morgan fingerprint density at radius 3 is 2.55 bits per heavy atom. The van der Waals surface area contributed by atoms with Crippen LogP contribution in [0.2, 0.25) is 0 Å². The topological polar surface area (TPSA) is 124 Å². The first kappa shape index (κ1) is 27.3. The number of aromatic nitrogens is 1. The van der Waals surface area contributed by atoms with Crippen LogP contribution < -0.4 is 19.8 Å². The molecule has 0 radical (unpaired) electrons. The number of hydrogen-bond donors (Lipinski definition) is 3. The van der Waals surface area contributed by atoms with Crippen LogP contribution in [-0.4, -0.2) is 75.7 Å². The fourth-order valence-electron chi connectivity index (χ4n) is 5.92. The number of nitrogens with zero attached hydrogens (tertiary/aromatic N) is 3. The third kappa shape index (κ3) is 6.21. The van der Waals surface area contributed by atoms with Gasteiger partial charge in [0.15, 0.2) is 0 Å². The Hall–Kier alpha value is -2.89. The minimum absolute atomic E-state index is 0.119. The lowest BCUT2D eigenvalue weighted by Gasteiger charge is -2.35. The quantitative estimate of drug-likeness (QED) is 0.419. The Bertz CT molecular complexity index is 1360. The van der Waals surface area contributed by atoms with E-state index in [1.54, 1.807) is 18.2 Å². The minimum Gasteiger partial charge on any atom is -0.395 e. The number of carbonyl (C=O) groups excluding carboxylic acids is 1. The van der Waals surface area contributed by atoms with Crippen LogP contribution in [0.4, 0.5) is 23.0 Å². The van der Waals surface area contributed by atoms with Gasteiger partial charge < -0.3 is 25.0 Å². The van der Waals surface area contributed by atoms with E-state index < -0.39 is 16.6 Å². The second-order valence-corrected chi connectivity index (χ2v) is 13.7. The first-order chi connectivity index (χ1) is 19.2. The van der Waals surface area contributed by atoms with Gasteiger partial charge in [-0.2, -0.15) is 0 Å². The number of amides is 1. The maximum atomic E-state index is 13.8. The fraction of sp³-hybridized carbons (Fsp3) is 0.586. The number of carbonyl (C=O) groups is 1. The van der Waals surface area contributed by atoms with Gasteiger partial charge in [0.05, 0.1) is 42.0 Å². The summed E-state index contributed by atoms with van der Waals surface area (Å²) < 4.78 is 32.9. The van der Waals surface area contributed by atoms with E-state index >= 15 is 0 Å². The van der Waals surface area contributed by atoms with Gasteiger partial charge >= 0.3 is 0 Å². The zero-order valence-corrected chi connectivity index (χ0v) is 23.9. The number of pyridine rings is 1. The van der Waals surface area contributed by atoms with Crippen LogP contribution in [0.5, 0.6) is 0 Å². The molecule has 1 amide bonds. The zero-order chi connectivity index (χ0) is 27.9. The van der Waals surface area contributed by atoms with Crippen LogP contribution in [0.3, 0.4) is 0 Å². The molecule has 4 aliphatic rings. The largest absolute Gasteiger partial charge is 0.395 e. The molecular weight excluding hydrogens is 530 g/mol. The summed E-state index contributed by atoms with van der Waals surface area (Å²) in [6.45, 7) is 5.39. The number of aliphatic hydroxyl groups is 1. The van der Waals surface area contributed by atoms with Crippen molar-refractivity contribution in [1.82, 2.24) is 4.98 Å². The minimum atomic E-state index is -3.69. The molecule has 1 aromatic carbocycles. The molecule has 1 spiro atoms. The van der Waals surface area contributed by atoms with E-state index in [0.29, 0.717) is 40.7 Å². The fourth-order valence-corrected chi connectivity index (χ4v) is 6.75. The van der Waals surface area contributed by atoms with Crippen molar-refractivity contribution in [1.29, 1.82) is 0 Å². The molecule has 10 nitrogen and oxygen atoms in total. The molecule has 3 N–H and O–H groups in total. The zero-order valence-electron chi connectivity index (χ0n) is 23.1. The highest BCUT2D eigenvalue weighted by Gasteiger charge is 2.44. The van der Waals surface area contributed by atoms with E-state index in [1.165, 1.54) is 18.4 Å². The molecule has 2 aliphatic carbocycles. The van der Waals surface area contributed by atoms with Crippen molar-refractivity contribution >= 4 is 38.9 Å². The predicted octanol–water partition coefficient (Wildman–Crippen LogP) is 3.55. The second kappa shape index (κ2) is 10.8.